The van der Waals surface area contributed by atoms with Gasteiger partial charge in [0.2, 0.25) is 11.8 Å². The Morgan fingerprint density at radius 2 is 2.04 bits per heavy atom. The van der Waals surface area contributed by atoms with Gasteiger partial charge in [-0.3, -0.25) is 9.59 Å². The van der Waals surface area contributed by atoms with Gasteiger partial charge in [0.1, 0.15) is 12.1 Å². The largest absolute Gasteiger partial charge is 0.361 e. The molecule has 24 heavy (non-hydrogen) atoms. The van der Waals surface area contributed by atoms with E-state index < -0.39 is 12.1 Å². The van der Waals surface area contributed by atoms with Gasteiger partial charge in [0, 0.05) is 34.5 Å². The lowest BCUT2D eigenvalue weighted by Gasteiger charge is -2.32. The Hall–Kier alpha value is -2.21. The molecule has 0 bridgehead atoms. The van der Waals surface area contributed by atoms with Gasteiger partial charge >= 0.3 is 0 Å². The van der Waals surface area contributed by atoms with Crippen LogP contribution in [0.4, 0.5) is 0 Å². The average Bonchev–Trinajstić information content (AvgIpc) is 3.01. The molecule has 0 aliphatic carbocycles. The zero-order valence-corrected chi connectivity index (χ0v) is 14.4. The molecule has 2 heterocycles. The molecule has 1 aliphatic heterocycles. The van der Waals surface area contributed by atoms with E-state index in [9.17, 15) is 9.59 Å². The molecule has 0 radical (unpaired) electrons. The molecule has 2 amide bonds. The number of rotatable bonds is 6. The minimum atomic E-state index is -0.558. The quantitative estimate of drug-likeness (QED) is 0.556. The van der Waals surface area contributed by atoms with Gasteiger partial charge in [-0.15, -0.1) is 6.58 Å². The number of aromatic nitrogens is 1. The molecule has 1 fully saturated rings. The number of carbonyl (C=O) groups is 2. The number of fused-ring (bicyclic) bond motifs is 1. The first-order valence-electron chi connectivity index (χ1n) is 7.97. The van der Waals surface area contributed by atoms with Crippen LogP contribution in [0.25, 0.3) is 10.9 Å². The van der Waals surface area contributed by atoms with E-state index >= 15 is 0 Å². The average molecular weight is 343 g/mol. The fourth-order valence-electron chi connectivity index (χ4n) is 3.04. The van der Waals surface area contributed by atoms with Gasteiger partial charge in [-0.25, -0.2) is 0 Å². The predicted molar refractivity (Wildman–Crippen MR) is 98.1 cm³/mol. The SMILES string of the molecule is C=CCSC[C@H]1NC(=O)[C@@H](C(C)c2c[nH]c3ccccc23)NC1=O. The van der Waals surface area contributed by atoms with Crippen molar-refractivity contribution in [3.63, 3.8) is 0 Å². The van der Waals surface area contributed by atoms with E-state index in [1.54, 1.807) is 17.8 Å². The standard InChI is InChI=1S/C18H21N3O2S/c1-3-8-24-10-15-17(22)21-16(18(23)20-15)11(2)13-9-19-14-7-5-4-6-12(13)14/h3-7,9,11,15-16,19H,1,8,10H2,2H3,(H,20,23)(H,21,22)/t11?,15-,16-/m1/s1. The maximum atomic E-state index is 12.5. The van der Waals surface area contributed by atoms with Crippen LogP contribution in [0.3, 0.4) is 0 Å². The van der Waals surface area contributed by atoms with E-state index in [2.05, 4.69) is 22.2 Å². The number of benzene rings is 1. The number of aromatic amines is 1. The highest BCUT2D eigenvalue weighted by molar-refractivity contribution is 7.99. The van der Waals surface area contributed by atoms with Crippen LogP contribution in [-0.2, 0) is 9.59 Å². The van der Waals surface area contributed by atoms with Crippen molar-refractivity contribution in [1.82, 2.24) is 15.6 Å². The van der Waals surface area contributed by atoms with E-state index in [-0.39, 0.29) is 17.7 Å². The van der Waals surface area contributed by atoms with Crippen LogP contribution in [0, 0.1) is 0 Å². The second-order valence-corrected chi connectivity index (χ2v) is 7.03. The molecule has 126 valence electrons. The second kappa shape index (κ2) is 7.13. The summed E-state index contributed by atoms with van der Waals surface area (Å²) in [6, 6.07) is 6.92. The molecule has 0 spiro atoms. The summed E-state index contributed by atoms with van der Waals surface area (Å²) in [5.41, 5.74) is 2.06. The monoisotopic (exact) mass is 343 g/mol. The molecule has 2 aromatic rings. The van der Waals surface area contributed by atoms with Gasteiger partial charge in [-0.05, 0) is 11.6 Å². The summed E-state index contributed by atoms with van der Waals surface area (Å²) in [5.74, 6) is 0.943. The Balaban J connectivity index is 1.74. The maximum Gasteiger partial charge on any atom is 0.244 e. The molecule has 3 N–H and O–H groups in total. The summed E-state index contributed by atoms with van der Waals surface area (Å²) < 4.78 is 0. The van der Waals surface area contributed by atoms with Crippen LogP contribution in [0.2, 0.25) is 0 Å². The van der Waals surface area contributed by atoms with Crippen LogP contribution < -0.4 is 10.6 Å². The van der Waals surface area contributed by atoms with E-state index in [4.69, 9.17) is 0 Å². The Labute approximate surface area is 145 Å². The number of H-pyrrole nitrogens is 1. The van der Waals surface area contributed by atoms with Gasteiger partial charge in [0.15, 0.2) is 0 Å². The number of nitrogens with one attached hydrogen (secondary N) is 3. The lowest BCUT2D eigenvalue weighted by Crippen LogP contribution is -2.63. The van der Waals surface area contributed by atoms with Gasteiger partial charge in [-0.1, -0.05) is 31.2 Å². The number of hydrogen-bond acceptors (Lipinski definition) is 3. The van der Waals surface area contributed by atoms with Crippen molar-refractivity contribution >= 4 is 34.5 Å². The lowest BCUT2D eigenvalue weighted by atomic mass is 9.90. The van der Waals surface area contributed by atoms with Crippen molar-refractivity contribution in [2.24, 2.45) is 0 Å². The van der Waals surface area contributed by atoms with Crippen molar-refractivity contribution in [1.29, 1.82) is 0 Å². The second-order valence-electron chi connectivity index (χ2n) is 5.95. The molecule has 1 aromatic carbocycles. The number of carbonyl (C=O) groups excluding carboxylic acids is 2. The van der Waals surface area contributed by atoms with Crippen LogP contribution in [-0.4, -0.2) is 40.4 Å². The van der Waals surface area contributed by atoms with Crippen LogP contribution in [0.1, 0.15) is 18.4 Å². The summed E-state index contributed by atoms with van der Waals surface area (Å²) in [6.07, 6.45) is 3.70. The van der Waals surface area contributed by atoms with E-state index in [1.165, 1.54) is 0 Å². The number of para-hydroxylation sites is 1. The fraction of sp³-hybridized carbons (Fsp3) is 0.333. The Morgan fingerprint density at radius 3 is 2.83 bits per heavy atom. The van der Waals surface area contributed by atoms with Crippen molar-refractivity contribution in [3.05, 3.63) is 48.7 Å². The molecule has 1 aromatic heterocycles. The normalized spacial score (nSPS) is 22.0. The molecular formula is C18H21N3O2S. The summed E-state index contributed by atoms with van der Waals surface area (Å²) >= 11 is 1.58. The zero-order chi connectivity index (χ0) is 17.1. The zero-order valence-electron chi connectivity index (χ0n) is 13.5. The third kappa shape index (κ3) is 3.19. The molecular weight excluding hydrogens is 322 g/mol. The molecule has 1 aliphatic rings. The van der Waals surface area contributed by atoms with Crippen LogP contribution >= 0.6 is 11.8 Å². The number of hydrogen-bond donors (Lipinski definition) is 3. The smallest absolute Gasteiger partial charge is 0.244 e. The van der Waals surface area contributed by atoms with Crippen molar-refractivity contribution in [2.75, 3.05) is 11.5 Å². The summed E-state index contributed by atoms with van der Waals surface area (Å²) in [4.78, 5) is 28.0. The third-order valence-corrected chi connectivity index (χ3v) is 5.39. The molecule has 1 saturated heterocycles. The first kappa shape index (κ1) is 16.6. The van der Waals surface area contributed by atoms with Crippen molar-refractivity contribution < 1.29 is 9.59 Å². The Kier molecular flexibility index (Phi) is 4.94. The van der Waals surface area contributed by atoms with Crippen molar-refractivity contribution in [3.8, 4) is 0 Å². The minimum Gasteiger partial charge on any atom is -0.361 e. The van der Waals surface area contributed by atoms with E-state index in [0.29, 0.717) is 5.75 Å². The fourth-order valence-corrected chi connectivity index (χ4v) is 3.81. The maximum absolute atomic E-state index is 12.5. The summed E-state index contributed by atoms with van der Waals surface area (Å²) in [6.45, 7) is 5.62. The molecule has 3 atom stereocenters. The first-order valence-corrected chi connectivity index (χ1v) is 9.12. The van der Waals surface area contributed by atoms with Gasteiger partial charge < -0.3 is 15.6 Å². The molecule has 3 rings (SSSR count). The van der Waals surface area contributed by atoms with Gasteiger partial charge in [0.05, 0.1) is 0 Å². The molecule has 1 unspecified atom stereocenters. The van der Waals surface area contributed by atoms with Crippen molar-refractivity contribution in [2.45, 2.75) is 24.9 Å². The number of piperazine rings is 1. The lowest BCUT2D eigenvalue weighted by molar-refractivity contribution is -0.136. The Morgan fingerprint density at radius 1 is 1.25 bits per heavy atom. The van der Waals surface area contributed by atoms with Gasteiger partial charge in [0.25, 0.3) is 0 Å². The van der Waals surface area contributed by atoms with E-state index in [0.717, 1.165) is 22.2 Å². The first-order chi connectivity index (χ1) is 11.6. The predicted octanol–water partition coefficient (Wildman–Crippen LogP) is 2.17. The van der Waals surface area contributed by atoms with E-state index in [1.807, 2.05) is 37.4 Å². The highest BCUT2D eigenvalue weighted by atomic mass is 32.2. The van der Waals surface area contributed by atoms with Gasteiger partial charge in [-0.2, -0.15) is 11.8 Å². The Bertz CT molecular complexity index is 770. The molecule has 6 heteroatoms. The van der Waals surface area contributed by atoms with Crippen LogP contribution in [0.15, 0.2) is 43.1 Å². The summed E-state index contributed by atoms with van der Waals surface area (Å²) in [7, 11) is 0. The molecule has 0 saturated carbocycles. The molecule has 5 nitrogen and oxygen atoms in total. The number of amides is 2. The third-order valence-electron chi connectivity index (χ3n) is 4.35. The summed E-state index contributed by atoms with van der Waals surface area (Å²) in [5, 5.41) is 6.82. The topological polar surface area (TPSA) is 74.0 Å². The minimum absolute atomic E-state index is 0.119. The highest BCUT2D eigenvalue weighted by Crippen LogP contribution is 2.28. The number of thioether (sulfide) groups is 1. The highest BCUT2D eigenvalue weighted by Gasteiger charge is 2.37. The van der Waals surface area contributed by atoms with Crippen LogP contribution in [0.5, 0.6) is 0 Å².